The van der Waals surface area contributed by atoms with E-state index in [4.69, 9.17) is 5.26 Å². The van der Waals surface area contributed by atoms with Crippen LogP contribution in [0.4, 0.5) is 17.6 Å². The Kier molecular flexibility index (Phi) is 2.19. The number of hydrogen-bond donors (Lipinski definition) is 0. The van der Waals surface area contributed by atoms with E-state index < -0.39 is 23.3 Å². The summed E-state index contributed by atoms with van der Waals surface area (Å²) in [6.45, 7) is 0. The third kappa shape index (κ3) is 1.75. The van der Waals surface area contributed by atoms with Crippen molar-refractivity contribution in [3.63, 3.8) is 0 Å². The predicted octanol–water partition coefficient (Wildman–Crippen LogP) is 2.11. The molecule has 6 heteroatoms. The van der Waals surface area contributed by atoms with Crippen LogP contribution in [-0.2, 0) is 6.18 Å². The van der Waals surface area contributed by atoms with E-state index in [2.05, 4.69) is 4.98 Å². The van der Waals surface area contributed by atoms with Crippen LogP contribution < -0.4 is 0 Å². The summed E-state index contributed by atoms with van der Waals surface area (Å²) in [5.74, 6) is -1.63. The number of rotatable bonds is 0. The van der Waals surface area contributed by atoms with Gasteiger partial charge in [-0.2, -0.15) is 18.4 Å². The van der Waals surface area contributed by atoms with Crippen LogP contribution in [0.15, 0.2) is 12.3 Å². The van der Waals surface area contributed by atoms with E-state index in [1.165, 1.54) is 6.07 Å². The summed E-state index contributed by atoms with van der Waals surface area (Å²) in [7, 11) is 0. The molecular formula is C7H2F4N2. The Morgan fingerprint density at radius 3 is 2.46 bits per heavy atom. The Balaban J connectivity index is 3.34. The molecular weight excluding hydrogens is 188 g/mol. The molecule has 0 saturated heterocycles. The molecule has 68 valence electrons. The number of hydrogen-bond acceptors (Lipinski definition) is 2. The molecule has 0 fully saturated rings. The maximum absolute atomic E-state index is 12.8. The summed E-state index contributed by atoms with van der Waals surface area (Å²) in [4.78, 5) is 3.13. The zero-order valence-corrected chi connectivity index (χ0v) is 6.06. The van der Waals surface area contributed by atoms with E-state index >= 15 is 0 Å². The van der Waals surface area contributed by atoms with E-state index in [0.29, 0.717) is 6.07 Å². The Morgan fingerprint density at radius 2 is 2.00 bits per heavy atom. The summed E-state index contributed by atoms with van der Waals surface area (Å²) in [6.07, 6.45) is -4.05. The Bertz CT molecular complexity index is 364. The first-order chi connectivity index (χ1) is 5.96. The fourth-order valence-electron chi connectivity index (χ4n) is 0.741. The molecule has 0 aliphatic carbocycles. The average molecular weight is 190 g/mol. The van der Waals surface area contributed by atoms with Crippen molar-refractivity contribution in [3.8, 4) is 6.07 Å². The smallest absolute Gasteiger partial charge is 0.243 e. The maximum atomic E-state index is 12.8. The van der Waals surface area contributed by atoms with Gasteiger partial charge < -0.3 is 0 Å². The lowest BCUT2D eigenvalue weighted by molar-refractivity contribution is -0.140. The van der Waals surface area contributed by atoms with Gasteiger partial charge in [-0.15, -0.1) is 0 Å². The van der Waals surface area contributed by atoms with Crippen LogP contribution in [0, 0.1) is 17.1 Å². The number of halogens is 4. The molecule has 0 bridgehead atoms. The van der Waals surface area contributed by atoms with E-state index in [1.54, 1.807) is 0 Å². The highest BCUT2D eigenvalue weighted by Crippen LogP contribution is 2.31. The second kappa shape index (κ2) is 3.01. The largest absolute Gasteiger partial charge is 0.419 e. The van der Waals surface area contributed by atoms with E-state index in [-0.39, 0.29) is 0 Å². The minimum Gasteiger partial charge on any atom is -0.243 e. The van der Waals surface area contributed by atoms with Crippen LogP contribution >= 0.6 is 0 Å². The van der Waals surface area contributed by atoms with Gasteiger partial charge in [-0.3, -0.25) is 0 Å². The molecule has 1 heterocycles. The lowest BCUT2D eigenvalue weighted by atomic mass is 10.2. The molecule has 13 heavy (non-hydrogen) atoms. The van der Waals surface area contributed by atoms with Gasteiger partial charge in [-0.1, -0.05) is 0 Å². The van der Waals surface area contributed by atoms with Crippen molar-refractivity contribution < 1.29 is 17.6 Å². The average Bonchev–Trinajstić information content (AvgIpc) is 2.02. The number of alkyl halides is 3. The normalized spacial score (nSPS) is 11.0. The first-order valence-electron chi connectivity index (χ1n) is 3.08. The molecule has 1 rings (SSSR count). The minimum atomic E-state index is -4.79. The standard InChI is InChI=1S/C7H2F4N2/c8-6-4(7(9,10)11)1-2-13-5(6)3-12/h1-2H. The van der Waals surface area contributed by atoms with E-state index in [0.717, 1.165) is 6.20 Å². The fraction of sp³-hybridized carbons (Fsp3) is 0.143. The fourth-order valence-corrected chi connectivity index (χ4v) is 0.741. The molecule has 1 aromatic rings. The molecule has 0 aromatic carbocycles. The van der Waals surface area contributed by atoms with Crippen LogP contribution in [0.1, 0.15) is 11.3 Å². The molecule has 0 saturated carbocycles. The monoisotopic (exact) mass is 190 g/mol. The lowest BCUT2D eigenvalue weighted by Crippen LogP contribution is -2.09. The van der Waals surface area contributed by atoms with Crippen molar-refractivity contribution >= 4 is 0 Å². The van der Waals surface area contributed by atoms with Crippen molar-refractivity contribution in [3.05, 3.63) is 29.3 Å². The number of nitriles is 1. The quantitative estimate of drug-likeness (QED) is 0.587. The summed E-state index contributed by atoms with van der Waals surface area (Å²) < 4.78 is 48.7. The maximum Gasteiger partial charge on any atom is 0.419 e. The summed E-state index contributed by atoms with van der Waals surface area (Å²) in [5, 5.41) is 8.19. The highest BCUT2D eigenvalue weighted by atomic mass is 19.4. The van der Waals surface area contributed by atoms with Crippen molar-refractivity contribution in [1.29, 1.82) is 5.26 Å². The molecule has 0 radical (unpaired) electrons. The van der Waals surface area contributed by atoms with Gasteiger partial charge in [-0.25, -0.2) is 9.37 Å². The Morgan fingerprint density at radius 1 is 1.38 bits per heavy atom. The van der Waals surface area contributed by atoms with Crippen LogP contribution in [-0.4, -0.2) is 4.98 Å². The lowest BCUT2D eigenvalue weighted by Gasteiger charge is -2.06. The van der Waals surface area contributed by atoms with Crippen molar-refractivity contribution in [2.24, 2.45) is 0 Å². The Hall–Kier alpha value is -1.64. The number of aromatic nitrogens is 1. The van der Waals surface area contributed by atoms with Crippen molar-refractivity contribution in [2.45, 2.75) is 6.18 Å². The third-order valence-electron chi connectivity index (χ3n) is 1.30. The van der Waals surface area contributed by atoms with Crippen LogP contribution in [0.3, 0.4) is 0 Å². The molecule has 2 nitrogen and oxygen atoms in total. The number of pyridine rings is 1. The van der Waals surface area contributed by atoms with Gasteiger partial charge in [0.15, 0.2) is 11.5 Å². The summed E-state index contributed by atoms with van der Waals surface area (Å²) in [5.41, 5.74) is -2.33. The SMILES string of the molecule is N#Cc1nccc(C(F)(F)F)c1F. The van der Waals surface area contributed by atoms with Gasteiger partial charge >= 0.3 is 6.18 Å². The Labute approximate surface area is 70.4 Å². The topological polar surface area (TPSA) is 36.7 Å². The second-order valence-corrected chi connectivity index (χ2v) is 2.13. The van der Waals surface area contributed by atoms with Gasteiger partial charge in [0.05, 0.1) is 5.56 Å². The highest BCUT2D eigenvalue weighted by molar-refractivity contribution is 5.29. The van der Waals surface area contributed by atoms with E-state index in [9.17, 15) is 17.6 Å². The number of nitrogens with zero attached hydrogens (tertiary/aromatic N) is 2. The van der Waals surface area contributed by atoms with Crippen LogP contribution in [0.5, 0.6) is 0 Å². The van der Waals surface area contributed by atoms with Gasteiger partial charge in [0, 0.05) is 6.20 Å². The molecule has 0 N–H and O–H groups in total. The third-order valence-corrected chi connectivity index (χ3v) is 1.30. The second-order valence-electron chi connectivity index (χ2n) is 2.13. The summed E-state index contributed by atoms with van der Waals surface area (Å²) in [6, 6.07) is 1.70. The van der Waals surface area contributed by atoms with Crippen molar-refractivity contribution in [1.82, 2.24) is 4.98 Å². The van der Waals surface area contributed by atoms with E-state index in [1.807, 2.05) is 0 Å². The molecule has 0 aliphatic heterocycles. The van der Waals surface area contributed by atoms with Gasteiger partial charge in [0.1, 0.15) is 6.07 Å². The summed E-state index contributed by atoms with van der Waals surface area (Å²) >= 11 is 0. The molecule has 1 aromatic heterocycles. The first kappa shape index (κ1) is 9.45. The highest BCUT2D eigenvalue weighted by Gasteiger charge is 2.35. The van der Waals surface area contributed by atoms with Gasteiger partial charge in [-0.05, 0) is 6.07 Å². The van der Waals surface area contributed by atoms with Gasteiger partial charge in [0.25, 0.3) is 0 Å². The molecule has 0 aliphatic rings. The van der Waals surface area contributed by atoms with Crippen LogP contribution in [0.25, 0.3) is 0 Å². The molecule has 0 atom stereocenters. The van der Waals surface area contributed by atoms with Gasteiger partial charge in [0.2, 0.25) is 0 Å². The van der Waals surface area contributed by atoms with Crippen molar-refractivity contribution in [2.75, 3.05) is 0 Å². The predicted molar refractivity (Wildman–Crippen MR) is 33.9 cm³/mol. The zero-order chi connectivity index (χ0) is 10.1. The molecule has 0 spiro atoms. The molecule has 0 unspecified atom stereocenters. The zero-order valence-electron chi connectivity index (χ0n) is 6.06. The molecule has 0 amide bonds. The first-order valence-corrected chi connectivity index (χ1v) is 3.08. The van der Waals surface area contributed by atoms with Crippen LogP contribution in [0.2, 0.25) is 0 Å². The minimum absolute atomic E-state index is 0.482.